The SMILES string of the molecule is COC(=O)c1c(N)c(C#N)cn1-c1cccc(COc2ccccc2Cl)c1. The van der Waals surface area contributed by atoms with Gasteiger partial charge in [0.15, 0.2) is 5.69 Å². The normalized spacial score (nSPS) is 10.3. The van der Waals surface area contributed by atoms with Gasteiger partial charge in [-0.15, -0.1) is 0 Å². The zero-order chi connectivity index (χ0) is 19.4. The van der Waals surface area contributed by atoms with E-state index in [4.69, 9.17) is 26.8 Å². The van der Waals surface area contributed by atoms with Crippen molar-refractivity contribution in [3.05, 3.63) is 76.6 Å². The summed E-state index contributed by atoms with van der Waals surface area (Å²) < 4.78 is 12.1. The molecular formula is C20H16ClN3O3. The number of nitrogens with zero attached hydrogens (tertiary/aromatic N) is 2. The third kappa shape index (κ3) is 3.73. The van der Waals surface area contributed by atoms with Crippen LogP contribution in [0.25, 0.3) is 5.69 Å². The van der Waals surface area contributed by atoms with Crippen LogP contribution in [-0.2, 0) is 11.3 Å². The Kier molecular flexibility index (Phi) is 5.34. The molecule has 0 atom stereocenters. The molecule has 1 aromatic heterocycles. The van der Waals surface area contributed by atoms with Crippen molar-refractivity contribution in [3.8, 4) is 17.5 Å². The van der Waals surface area contributed by atoms with Crippen LogP contribution < -0.4 is 10.5 Å². The third-order valence-corrected chi connectivity index (χ3v) is 4.28. The Morgan fingerprint density at radius 1 is 1.26 bits per heavy atom. The van der Waals surface area contributed by atoms with Gasteiger partial charge in [-0.3, -0.25) is 0 Å². The molecule has 0 radical (unpaired) electrons. The Morgan fingerprint density at radius 3 is 2.74 bits per heavy atom. The lowest BCUT2D eigenvalue weighted by atomic mass is 10.2. The van der Waals surface area contributed by atoms with Gasteiger partial charge in [0.1, 0.15) is 18.4 Å². The molecule has 27 heavy (non-hydrogen) atoms. The lowest BCUT2D eigenvalue weighted by molar-refractivity contribution is 0.0593. The number of ether oxygens (including phenoxy) is 2. The number of halogens is 1. The van der Waals surface area contributed by atoms with Crippen LogP contribution in [0.4, 0.5) is 5.69 Å². The highest BCUT2D eigenvalue weighted by atomic mass is 35.5. The molecule has 2 aromatic carbocycles. The van der Waals surface area contributed by atoms with Gasteiger partial charge in [0, 0.05) is 11.9 Å². The van der Waals surface area contributed by atoms with Crippen molar-refractivity contribution in [1.29, 1.82) is 5.26 Å². The summed E-state index contributed by atoms with van der Waals surface area (Å²) in [5.41, 5.74) is 7.84. The number of carbonyl (C=O) groups excluding carboxylic acids is 1. The first-order valence-corrected chi connectivity index (χ1v) is 8.38. The van der Waals surface area contributed by atoms with Crippen LogP contribution in [0, 0.1) is 11.3 Å². The van der Waals surface area contributed by atoms with Gasteiger partial charge in [0.05, 0.1) is 23.4 Å². The maximum Gasteiger partial charge on any atom is 0.357 e. The molecule has 0 bridgehead atoms. The second-order valence-electron chi connectivity index (χ2n) is 5.67. The molecule has 0 aliphatic rings. The Labute approximate surface area is 161 Å². The van der Waals surface area contributed by atoms with Crippen molar-refractivity contribution >= 4 is 23.3 Å². The summed E-state index contributed by atoms with van der Waals surface area (Å²) in [5, 5.41) is 9.75. The molecule has 0 aliphatic carbocycles. The first-order valence-electron chi connectivity index (χ1n) is 8.01. The minimum Gasteiger partial charge on any atom is -0.487 e. The van der Waals surface area contributed by atoms with Gasteiger partial charge < -0.3 is 19.8 Å². The van der Waals surface area contributed by atoms with Crippen LogP contribution in [0.15, 0.2) is 54.7 Å². The number of benzene rings is 2. The fourth-order valence-electron chi connectivity index (χ4n) is 2.64. The van der Waals surface area contributed by atoms with Gasteiger partial charge in [0.25, 0.3) is 0 Å². The molecular weight excluding hydrogens is 366 g/mol. The predicted molar refractivity (Wildman–Crippen MR) is 102 cm³/mol. The lowest BCUT2D eigenvalue weighted by Crippen LogP contribution is -2.11. The summed E-state index contributed by atoms with van der Waals surface area (Å²) in [4.78, 5) is 12.1. The molecule has 136 valence electrons. The maximum atomic E-state index is 12.1. The van der Waals surface area contributed by atoms with Gasteiger partial charge >= 0.3 is 5.97 Å². The standard InChI is InChI=1S/C20H16ClN3O3/c1-26-20(25)19-18(23)14(10-22)11-24(19)15-6-4-5-13(9-15)12-27-17-8-3-2-7-16(17)21/h2-9,11H,12,23H2,1H3. The van der Waals surface area contributed by atoms with E-state index in [0.717, 1.165) is 5.56 Å². The van der Waals surface area contributed by atoms with Crippen molar-refractivity contribution in [2.75, 3.05) is 12.8 Å². The number of hydrogen-bond donors (Lipinski definition) is 1. The second-order valence-corrected chi connectivity index (χ2v) is 6.07. The molecule has 3 aromatic rings. The Hall–Kier alpha value is -3.43. The third-order valence-electron chi connectivity index (χ3n) is 3.96. The molecule has 0 aliphatic heterocycles. The van der Waals surface area contributed by atoms with E-state index in [2.05, 4.69) is 0 Å². The van der Waals surface area contributed by atoms with Crippen LogP contribution in [0.5, 0.6) is 5.75 Å². The summed E-state index contributed by atoms with van der Waals surface area (Å²) in [6, 6.07) is 16.5. The average Bonchev–Trinajstić information content (AvgIpc) is 3.03. The average molecular weight is 382 g/mol. The van der Waals surface area contributed by atoms with E-state index < -0.39 is 5.97 Å². The van der Waals surface area contributed by atoms with E-state index in [0.29, 0.717) is 16.5 Å². The zero-order valence-corrected chi connectivity index (χ0v) is 15.2. The number of hydrogen-bond acceptors (Lipinski definition) is 5. The number of nitrogens with two attached hydrogens (primary N) is 1. The monoisotopic (exact) mass is 381 g/mol. The van der Waals surface area contributed by atoms with E-state index in [1.54, 1.807) is 22.8 Å². The van der Waals surface area contributed by atoms with Crippen molar-refractivity contribution in [2.45, 2.75) is 6.61 Å². The van der Waals surface area contributed by atoms with Crippen LogP contribution in [0.1, 0.15) is 21.6 Å². The number of esters is 1. The summed E-state index contributed by atoms with van der Waals surface area (Å²) in [6.45, 7) is 0.285. The molecule has 1 heterocycles. The molecule has 0 saturated carbocycles. The van der Waals surface area contributed by atoms with E-state index >= 15 is 0 Å². The molecule has 6 nitrogen and oxygen atoms in total. The Bertz CT molecular complexity index is 1040. The summed E-state index contributed by atoms with van der Waals surface area (Å²) >= 11 is 6.10. The van der Waals surface area contributed by atoms with Crippen LogP contribution in [0.2, 0.25) is 5.02 Å². The molecule has 0 fully saturated rings. The molecule has 2 N–H and O–H groups in total. The number of nitrogen functional groups attached to an aromatic ring is 1. The van der Waals surface area contributed by atoms with Gasteiger partial charge in [-0.25, -0.2) is 4.79 Å². The van der Waals surface area contributed by atoms with Crippen molar-refractivity contribution in [1.82, 2.24) is 4.57 Å². The van der Waals surface area contributed by atoms with Gasteiger partial charge in [0.2, 0.25) is 0 Å². The summed E-state index contributed by atoms with van der Waals surface area (Å²) in [7, 11) is 1.26. The molecule has 7 heteroatoms. The Balaban J connectivity index is 1.93. The number of para-hydroxylation sites is 1. The first-order chi connectivity index (χ1) is 13.0. The van der Waals surface area contributed by atoms with E-state index in [-0.39, 0.29) is 23.6 Å². The van der Waals surface area contributed by atoms with Crippen LogP contribution >= 0.6 is 11.6 Å². The minimum absolute atomic E-state index is 0.0853. The quantitative estimate of drug-likeness (QED) is 0.676. The maximum absolute atomic E-state index is 12.1. The molecule has 0 saturated heterocycles. The van der Waals surface area contributed by atoms with Gasteiger partial charge in [-0.2, -0.15) is 5.26 Å². The zero-order valence-electron chi connectivity index (χ0n) is 14.5. The molecule has 0 spiro atoms. The van der Waals surface area contributed by atoms with E-state index in [1.165, 1.54) is 13.3 Å². The fraction of sp³-hybridized carbons (Fsp3) is 0.100. The highest BCUT2D eigenvalue weighted by Gasteiger charge is 2.21. The number of carbonyl (C=O) groups is 1. The second kappa shape index (κ2) is 7.85. The fourth-order valence-corrected chi connectivity index (χ4v) is 2.83. The highest BCUT2D eigenvalue weighted by Crippen LogP contribution is 2.27. The van der Waals surface area contributed by atoms with Crippen molar-refractivity contribution < 1.29 is 14.3 Å². The predicted octanol–water partition coefficient (Wildman–Crippen LogP) is 3.95. The smallest absolute Gasteiger partial charge is 0.357 e. The van der Waals surface area contributed by atoms with E-state index in [9.17, 15) is 10.1 Å². The van der Waals surface area contributed by atoms with Crippen LogP contribution in [-0.4, -0.2) is 17.6 Å². The van der Waals surface area contributed by atoms with E-state index in [1.807, 2.05) is 36.4 Å². The molecule has 0 unspecified atom stereocenters. The number of rotatable bonds is 5. The summed E-state index contributed by atoms with van der Waals surface area (Å²) in [6.07, 6.45) is 1.51. The van der Waals surface area contributed by atoms with Crippen molar-refractivity contribution in [3.63, 3.8) is 0 Å². The Morgan fingerprint density at radius 2 is 2.04 bits per heavy atom. The first kappa shape index (κ1) is 18.4. The number of aromatic nitrogens is 1. The lowest BCUT2D eigenvalue weighted by Gasteiger charge is -2.11. The van der Waals surface area contributed by atoms with Crippen LogP contribution in [0.3, 0.4) is 0 Å². The minimum atomic E-state index is -0.619. The largest absolute Gasteiger partial charge is 0.487 e. The van der Waals surface area contributed by atoms with Gasteiger partial charge in [-0.1, -0.05) is 35.9 Å². The van der Waals surface area contributed by atoms with Gasteiger partial charge in [-0.05, 0) is 29.8 Å². The van der Waals surface area contributed by atoms with Crippen molar-refractivity contribution in [2.24, 2.45) is 0 Å². The summed E-state index contributed by atoms with van der Waals surface area (Å²) in [5.74, 6) is -0.0384. The number of methoxy groups -OCH3 is 1. The topological polar surface area (TPSA) is 90.3 Å². The number of nitriles is 1. The highest BCUT2D eigenvalue weighted by molar-refractivity contribution is 6.32. The number of anilines is 1. The molecule has 3 rings (SSSR count). The molecule has 0 amide bonds.